The molecule has 0 saturated carbocycles. The van der Waals surface area contributed by atoms with Gasteiger partial charge in [0.05, 0.1) is 19.2 Å². The number of hydrogen-bond acceptors (Lipinski definition) is 4. The zero-order chi connectivity index (χ0) is 20.1. The second kappa shape index (κ2) is 8.73. The Balaban J connectivity index is 1.46. The first-order chi connectivity index (χ1) is 14.2. The Bertz CT molecular complexity index is 953. The molecule has 0 N–H and O–H groups in total. The summed E-state index contributed by atoms with van der Waals surface area (Å²) >= 11 is 0. The number of pyridine rings is 1. The lowest BCUT2D eigenvalue weighted by Crippen LogP contribution is -2.31. The molecule has 0 spiro atoms. The number of aromatic nitrogens is 1. The van der Waals surface area contributed by atoms with Crippen LogP contribution < -0.4 is 4.90 Å². The summed E-state index contributed by atoms with van der Waals surface area (Å²) in [5, 5.41) is 0. The van der Waals surface area contributed by atoms with Gasteiger partial charge in [-0.2, -0.15) is 0 Å². The molecule has 3 aromatic rings. The molecule has 1 aromatic carbocycles. The highest BCUT2D eigenvalue weighted by atomic mass is 16.3. The second-order valence-corrected chi connectivity index (χ2v) is 7.18. The standard InChI is InChI=1S/C23H23N3O3/c27-22-6-2-12-26(22)20-9-7-18(8-10-20)14-23(28)25(17-21-5-3-13-29-21)16-19-4-1-11-24-15-19/h1,3-5,7-11,13,15H,2,6,12,14,16-17H2. The second-order valence-electron chi connectivity index (χ2n) is 7.18. The van der Waals surface area contributed by atoms with Gasteiger partial charge >= 0.3 is 0 Å². The van der Waals surface area contributed by atoms with Crippen LogP contribution in [0.4, 0.5) is 5.69 Å². The van der Waals surface area contributed by atoms with Crippen LogP contribution in [0.5, 0.6) is 0 Å². The van der Waals surface area contributed by atoms with Gasteiger partial charge in [0.25, 0.3) is 0 Å². The topological polar surface area (TPSA) is 66.7 Å². The summed E-state index contributed by atoms with van der Waals surface area (Å²) < 4.78 is 5.44. The molecule has 4 rings (SSSR count). The van der Waals surface area contributed by atoms with Crippen molar-refractivity contribution in [3.05, 3.63) is 84.1 Å². The lowest BCUT2D eigenvalue weighted by molar-refractivity contribution is -0.132. The van der Waals surface area contributed by atoms with Crippen LogP contribution in [-0.2, 0) is 29.1 Å². The molecular formula is C23H23N3O3. The van der Waals surface area contributed by atoms with Gasteiger partial charge in [-0.15, -0.1) is 0 Å². The Morgan fingerprint density at radius 1 is 1.07 bits per heavy atom. The number of carbonyl (C=O) groups is 2. The number of hydrogen-bond donors (Lipinski definition) is 0. The molecule has 0 aliphatic carbocycles. The number of anilines is 1. The minimum Gasteiger partial charge on any atom is -0.467 e. The number of carbonyl (C=O) groups excluding carboxylic acids is 2. The Morgan fingerprint density at radius 3 is 2.59 bits per heavy atom. The van der Waals surface area contributed by atoms with Crippen LogP contribution in [0.15, 0.2) is 71.6 Å². The minimum absolute atomic E-state index is 0.00949. The Labute approximate surface area is 169 Å². The fourth-order valence-electron chi connectivity index (χ4n) is 3.54. The smallest absolute Gasteiger partial charge is 0.227 e. The third-order valence-electron chi connectivity index (χ3n) is 5.05. The van der Waals surface area contributed by atoms with Crippen molar-refractivity contribution in [2.45, 2.75) is 32.4 Å². The van der Waals surface area contributed by atoms with E-state index in [0.29, 0.717) is 19.5 Å². The summed E-state index contributed by atoms with van der Waals surface area (Å²) in [6, 6.07) is 15.2. The molecule has 0 unspecified atom stereocenters. The Kier molecular flexibility index (Phi) is 5.70. The van der Waals surface area contributed by atoms with Gasteiger partial charge in [-0.05, 0) is 47.9 Å². The largest absolute Gasteiger partial charge is 0.467 e. The van der Waals surface area contributed by atoms with Crippen molar-refractivity contribution < 1.29 is 14.0 Å². The van der Waals surface area contributed by atoms with Gasteiger partial charge in [0.15, 0.2) is 0 Å². The molecule has 0 atom stereocenters. The minimum atomic E-state index is 0.00949. The number of furan rings is 1. The predicted octanol–water partition coefficient (Wildman–Crippen LogP) is 3.57. The number of rotatable bonds is 7. The SMILES string of the molecule is O=C(Cc1ccc(N2CCCC2=O)cc1)N(Cc1cccnc1)Cc1ccco1. The summed E-state index contributed by atoms with van der Waals surface area (Å²) in [7, 11) is 0. The summed E-state index contributed by atoms with van der Waals surface area (Å²) in [6.45, 7) is 1.63. The molecule has 6 nitrogen and oxygen atoms in total. The maximum atomic E-state index is 13.0. The molecule has 3 heterocycles. The molecule has 0 bridgehead atoms. The van der Waals surface area contributed by atoms with Gasteiger partial charge in [-0.25, -0.2) is 0 Å². The highest BCUT2D eigenvalue weighted by Gasteiger charge is 2.22. The lowest BCUT2D eigenvalue weighted by Gasteiger charge is -2.22. The van der Waals surface area contributed by atoms with Crippen molar-refractivity contribution in [2.24, 2.45) is 0 Å². The Hall–Kier alpha value is -3.41. The van der Waals surface area contributed by atoms with Gasteiger partial charge in [0.1, 0.15) is 5.76 Å². The molecule has 1 fully saturated rings. The van der Waals surface area contributed by atoms with Crippen LogP contribution in [-0.4, -0.2) is 28.2 Å². The van der Waals surface area contributed by atoms with E-state index in [1.807, 2.05) is 48.5 Å². The van der Waals surface area contributed by atoms with Crippen LogP contribution in [0, 0.1) is 0 Å². The van der Waals surface area contributed by atoms with Crippen LogP contribution in [0.2, 0.25) is 0 Å². The number of nitrogens with zero attached hydrogens (tertiary/aromatic N) is 3. The first-order valence-corrected chi connectivity index (χ1v) is 9.77. The maximum absolute atomic E-state index is 13.0. The highest BCUT2D eigenvalue weighted by Crippen LogP contribution is 2.22. The Morgan fingerprint density at radius 2 is 1.93 bits per heavy atom. The average molecular weight is 389 g/mol. The average Bonchev–Trinajstić information content (AvgIpc) is 3.40. The molecule has 148 valence electrons. The van der Waals surface area contributed by atoms with Crippen LogP contribution in [0.25, 0.3) is 0 Å². The normalized spacial score (nSPS) is 13.7. The first kappa shape index (κ1) is 18.9. The summed E-state index contributed by atoms with van der Waals surface area (Å²) in [6.07, 6.45) is 6.89. The van der Waals surface area contributed by atoms with Crippen molar-refractivity contribution in [2.75, 3.05) is 11.4 Å². The molecular weight excluding hydrogens is 366 g/mol. The highest BCUT2D eigenvalue weighted by molar-refractivity contribution is 5.95. The number of benzene rings is 1. The third-order valence-corrected chi connectivity index (χ3v) is 5.05. The van der Waals surface area contributed by atoms with Crippen molar-refractivity contribution in [1.82, 2.24) is 9.88 Å². The van der Waals surface area contributed by atoms with Crippen LogP contribution >= 0.6 is 0 Å². The fraction of sp³-hybridized carbons (Fsp3) is 0.261. The molecule has 2 aromatic heterocycles. The zero-order valence-electron chi connectivity index (χ0n) is 16.2. The lowest BCUT2D eigenvalue weighted by atomic mass is 10.1. The molecule has 1 aliphatic heterocycles. The van der Waals surface area contributed by atoms with E-state index >= 15 is 0 Å². The maximum Gasteiger partial charge on any atom is 0.227 e. The van der Waals surface area contributed by atoms with E-state index in [1.54, 1.807) is 28.5 Å². The van der Waals surface area contributed by atoms with E-state index in [2.05, 4.69) is 4.98 Å². The van der Waals surface area contributed by atoms with Crippen molar-refractivity contribution >= 4 is 17.5 Å². The molecule has 1 aliphatic rings. The summed E-state index contributed by atoms with van der Waals surface area (Å²) in [5.74, 6) is 0.912. The van der Waals surface area contributed by atoms with Gasteiger partial charge < -0.3 is 14.2 Å². The molecule has 29 heavy (non-hydrogen) atoms. The van der Waals surface area contributed by atoms with Crippen molar-refractivity contribution in [3.8, 4) is 0 Å². The zero-order valence-corrected chi connectivity index (χ0v) is 16.2. The van der Waals surface area contributed by atoms with E-state index < -0.39 is 0 Å². The molecule has 1 saturated heterocycles. The van der Waals surface area contributed by atoms with E-state index in [-0.39, 0.29) is 18.2 Å². The molecule has 0 radical (unpaired) electrons. The monoisotopic (exact) mass is 389 g/mol. The molecule has 6 heteroatoms. The fourth-order valence-corrected chi connectivity index (χ4v) is 3.54. The summed E-state index contributed by atoms with van der Waals surface area (Å²) in [5.41, 5.74) is 2.78. The van der Waals surface area contributed by atoms with Crippen molar-refractivity contribution in [1.29, 1.82) is 0 Å². The quantitative estimate of drug-likeness (QED) is 0.620. The predicted molar refractivity (Wildman–Crippen MR) is 109 cm³/mol. The van der Waals surface area contributed by atoms with Gasteiger partial charge in [-0.3, -0.25) is 14.6 Å². The van der Waals surface area contributed by atoms with E-state index in [9.17, 15) is 9.59 Å². The van der Waals surface area contributed by atoms with Crippen LogP contribution in [0.3, 0.4) is 0 Å². The van der Waals surface area contributed by atoms with Crippen LogP contribution in [0.1, 0.15) is 29.7 Å². The molecule has 2 amide bonds. The van der Waals surface area contributed by atoms with E-state index in [0.717, 1.165) is 35.5 Å². The van der Waals surface area contributed by atoms with E-state index in [4.69, 9.17) is 4.42 Å². The summed E-state index contributed by atoms with van der Waals surface area (Å²) in [4.78, 5) is 32.7. The van der Waals surface area contributed by atoms with Gasteiger partial charge in [0, 0.05) is 37.6 Å². The van der Waals surface area contributed by atoms with E-state index in [1.165, 1.54) is 0 Å². The van der Waals surface area contributed by atoms with Gasteiger partial charge in [0.2, 0.25) is 11.8 Å². The number of amides is 2. The first-order valence-electron chi connectivity index (χ1n) is 9.77. The third kappa shape index (κ3) is 4.71. The van der Waals surface area contributed by atoms with Gasteiger partial charge in [-0.1, -0.05) is 18.2 Å². The van der Waals surface area contributed by atoms with Crippen molar-refractivity contribution in [3.63, 3.8) is 0 Å².